The van der Waals surface area contributed by atoms with E-state index >= 15 is 0 Å². The number of nitro benzene ring substituents is 1. The molecule has 0 amide bonds. The second kappa shape index (κ2) is 3.53. The van der Waals surface area contributed by atoms with Crippen LogP contribution in [0.25, 0.3) is 0 Å². The number of hydrogen-bond acceptors (Lipinski definition) is 3. The van der Waals surface area contributed by atoms with Crippen molar-refractivity contribution in [3.05, 3.63) is 38.4 Å². The molecule has 0 unspecified atom stereocenters. The zero-order chi connectivity index (χ0) is 10.0. The Labute approximate surface area is 79.3 Å². The molecule has 0 aliphatic heterocycles. The molecule has 0 aliphatic rings. The van der Waals surface area contributed by atoms with Crippen molar-refractivity contribution < 1.29 is 9.72 Å². The third-order valence-corrected chi connectivity index (χ3v) is 1.83. The Morgan fingerprint density at radius 1 is 1.54 bits per heavy atom. The molecular formula is C8H6ClNO3. The van der Waals surface area contributed by atoms with Gasteiger partial charge in [0.05, 0.1) is 10.5 Å². The molecule has 13 heavy (non-hydrogen) atoms. The van der Waals surface area contributed by atoms with Gasteiger partial charge in [-0.25, -0.2) is 0 Å². The van der Waals surface area contributed by atoms with Gasteiger partial charge < -0.3 is 0 Å². The Morgan fingerprint density at radius 3 is 2.62 bits per heavy atom. The summed E-state index contributed by atoms with van der Waals surface area (Å²) in [6.07, 6.45) is 0.428. The van der Waals surface area contributed by atoms with Crippen molar-refractivity contribution >= 4 is 23.6 Å². The van der Waals surface area contributed by atoms with Crippen LogP contribution in [0, 0.1) is 17.0 Å². The Balaban J connectivity index is 3.47. The van der Waals surface area contributed by atoms with Crippen LogP contribution in [-0.4, -0.2) is 11.2 Å². The summed E-state index contributed by atoms with van der Waals surface area (Å²) in [4.78, 5) is 20.3. The zero-order valence-corrected chi connectivity index (χ0v) is 7.54. The molecule has 0 spiro atoms. The average molecular weight is 200 g/mol. The van der Waals surface area contributed by atoms with Crippen LogP contribution in [0.15, 0.2) is 12.1 Å². The van der Waals surface area contributed by atoms with Crippen LogP contribution in [0.3, 0.4) is 0 Å². The topological polar surface area (TPSA) is 60.2 Å². The molecule has 0 N–H and O–H groups in total. The predicted molar refractivity (Wildman–Crippen MR) is 48.2 cm³/mol. The van der Waals surface area contributed by atoms with Gasteiger partial charge in [-0.2, -0.15) is 0 Å². The second-order valence-electron chi connectivity index (χ2n) is 2.56. The minimum Gasteiger partial charge on any atom is -0.298 e. The number of carbonyl (C=O) groups excluding carboxylic acids is 1. The fraction of sp³-hybridized carbons (Fsp3) is 0.125. The highest BCUT2D eigenvalue weighted by Gasteiger charge is 2.18. The Morgan fingerprint density at radius 2 is 2.15 bits per heavy atom. The van der Waals surface area contributed by atoms with Crippen LogP contribution in [0.5, 0.6) is 0 Å². The summed E-state index contributed by atoms with van der Waals surface area (Å²) in [5, 5.41) is 10.5. The van der Waals surface area contributed by atoms with Crippen molar-refractivity contribution in [2.75, 3.05) is 0 Å². The lowest BCUT2D eigenvalue weighted by molar-refractivity contribution is -0.384. The number of hydrogen-bond donors (Lipinski definition) is 0. The predicted octanol–water partition coefficient (Wildman–Crippen LogP) is 2.37. The van der Waals surface area contributed by atoms with Gasteiger partial charge >= 0.3 is 0 Å². The number of aldehydes is 1. The third-order valence-electron chi connectivity index (χ3n) is 1.55. The molecule has 0 aliphatic carbocycles. The minimum absolute atomic E-state index is 0.00731. The fourth-order valence-electron chi connectivity index (χ4n) is 1.04. The van der Waals surface area contributed by atoms with E-state index in [1.165, 1.54) is 12.1 Å². The first-order chi connectivity index (χ1) is 6.06. The van der Waals surface area contributed by atoms with Gasteiger partial charge in [0, 0.05) is 0 Å². The number of benzene rings is 1. The molecular weight excluding hydrogens is 194 g/mol. The van der Waals surface area contributed by atoms with Crippen LogP contribution in [-0.2, 0) is 0 Å². The molecule has 1 aromatic carbocycles. The molecule has 5 heteroatoms. The van der Waals surface area contributed by atoms with Gasteiger partial charge in [-0.05, 0) is 24.6 Å². The van der Waals surface area contributed by atoms with Crippen molar-refractivity contribution in [1.82, 2.24) is 0 Å². The number of nitrogens with zero attached hydrogens (tertiary/aromatic N) is 1. The molecule has 1 rings (SSSR count). The molecule has 0 aromatic heterocycles. The van der Waals surface area contributed by atoms with Crippen molar-refractivity contribution in [3.63, 3.8) is 0 Å². The quantitative estimate of drug-likeness (QED) is 0.417. The van der Waals surface area contributed by atoms with Crippen molar-refractivity contribution in [1.29, 1.82) is 0 Å². The number of aryl methyl sites for hydroxylation is 1. The maximum atomic E-state index is 10.5. The molecule has 0 heterocycles. The summed E-state index contributed by atoms with van der Waals surface area (Å²) >= 11 is 5.61. The number of carbonyl (C=O) groups is 1. The highest BCUT2D eigenvalue weighted by Crippen LogP contribution is 2.28. The zero-order valence-electron chi connectivity index (χ0n) is 6.78. The highest BCUT2D eigenvalue weighted by molar-refractivity contribution is 6.33. The lowest BCUT2D eigenvalue weighted by Crippen LogP contribution is -1.96. The van der Waals surface area contributed by atoms with E-state index in [9.17, 15) is 14.9 Å². The molecule has 0 saturated heterocycles. The third kappa shape index (κ3) is 1.84. The van der Waals surface area contributed by atoms with Gasteiger partial charge in [0.2, 0.25) is 0 Å². The van der Waals surface area contributed by atoms with E-state index in [4.69, 9.17) is 11.6 Å². The van der Waals surface area contributed by atoms with E-state index in [1.54, 1.807) is 6.92 Å². The Hall–Kier alpha value is -1.42. The summed E-state index contributed by atoms with van der Waals surface area (Å²) in [7, 11) is 0. The van der Waals surface area contributed by atoms with E-state index < -0.39 is 4.92 Å². The van der Waals surface area contributed by atoms with Gasteiger partial charge in [0.1, 0.15) is 5.02 Å². The molecule has 0 atom stereocenters. The lowest BCUT2D eigenvalue weighted by Gasteiger charge is -1.99. The van der Waals surface area contributed by atoms with Crippen LogP contribution in [0.1, 0.15) is 15.9 Å². The largest absolute Gasteiger partial charge is 0.298 e. The van der Waals surface area contributed by atoms with E-state index in [2.05, 4.69) is 0 Å². The molecule has 4 nitrogen and oxygen atoms in total. The van der Waals surface area contributed by atoms with E-state index in [-0.39, 0.29) is 16.3 Å². The van der Waals surface area contributed by atoms with Crippen LogP contribution >= 0.6 is 11.6 Å². The SMILES string of the molecule is Cc1cc(Cl)c([N+](=O)[O-])c(C=O)c1. The maximum Gasteiger partial charge on any atom is 0.298 e. The van der Waals surface area contributed by atoms with Crippen LogP contribution in [0.2, 0.25) is 5.02 Å². The summed E-state index contributed by atoms with van der Waals surface area (Å²) in [5.41, 5.74) is 0.398. The molecule has 0 saturated carbocycles. The summed E-state index contributed by atoms with van der Waals surface area (Å²) in [6.45, 7) is 1.71. The Bertz CT molecular complexity index is 376. The standard InChI is InChI=1S/C8H6ClNO3/c1-5-2-6(4-11)8(10(12)13)7(9)3-5/h2-4H,1H3. The average Bonchev–Trinajstić information content (AvgIpc) is 2.01. The molecule has 0 bridgehead atoms. The van der Waals surface area contributed by atoms with Gasteiger partial charge in [-0.3, -0.25) is 14.9 Å². The molecule has 0 fully saturated rings. The van der Waals surface area contributed by atoms with E-state index in [0.717, 1.165) is 5.56 Å². The maximum absolute atomic E-state index is 10.5. The van der Waals surface area contributed by atoms with Gasteiger partial charge in [0.15, 0.2) is 6.29 Å². The van der Waals surface area contributed by atoms with Crippen LogP contribution in [0.4, 0.5) is 5.69 Å². The monoisotopic (exact) mass is 199 g/mol. The summed E-state index contributed by atoms with van der Waals surface area (Å²) < 4.78 is 0. The highest BCUT2D eigenvalue weighted by atomic mass is 35.5. The fourth-order valence-corrected chi connectivity index (χ4v) is 1.39. The lowest BCUT2D eigenvalue weighted by atomic mass is 10.1. The number of rotatable bonds is 2. The van der Waals surface area contributed by atoms with Gasteiger partial charge in [-0.1, -0.05) is 11.6 Å². The van der Waals surface area contributed by atoms with Crippen LogP contribution < -0.4 is 0 Å². The number of halogens is 1. The summed E-state index contributed by atoms with van der Waals surface area (Å²) in [6, 6.07) is 2.88. The molecule has 1 aromatic rings. The minimum atomic E-state index is -0.661. The van der Waals surface area contributed by atoms with E-state index in [0.29, 0.717) is 6.29 Å². The molecule has 68 valence electrons. The first-order valence-electron chi connectivity index (χ1n) is 3.46. The van der Waals surface area contributed by atoms with Crippen molar-refractivity contribution in [2.45, 2.75) is 6.92 Å². The van der Waals surface area contributed by atoms with Crippen molar-refractivity contribution in [3.8, 4) is 0 Å². The van der Waals surface area contributed by atoms with Gasteiger partial charge in [0.25, 0.3) is 5.69 Å². The smallest absolute Gasteiger partial charge is 0.298 e. The van der Waals surface area contributed by atoms with Gasteiger partial charge in [-0.15, -0.1) is 0 Å². The first-order valence-corrected chi connectivity index (χ1v) is 3.83. The summed E-state index contributed by atoms with van der Waals surface area (Å²) in [5.74, 6) is 0. The Kier molecular flexibility index (Phi) is 2.63. The van der Waals surface area contributed by atoms with E-state index in [1.807, 2.05) is 0 Å². The van der Waals surface area contributed by atoms with Crippen molar-refractivity contribution in [2.24, 2.45) is 0 Å². The first kappa shape index (κ1) is 9.67. The normalized spacial score (nSPS) is 9.69. The number of nitro groups is 1. The molecule has 0 radical (unpaired) electrons. The second-order valence-corrected chi connectivity index (χ2v) is 2.97.